The van der Waals surface area contributed by atoms with E-state index in [4.69, 9.17) is 0 Å². The molecule has 0 fully saturated rings. The molecule has 2 atom stereocenters. The van der Waals surface area contributed by atoms with Crippen molar-refractivity contribution >= 4 is 29.9 Å². The second kappa shape index (κ2) is 11.7. The lowest BCUT2D eigenvalue weighted by Crippen LogP contribution is -2.45. The molecule has 1 aromatic rings. The van der Waals surface area contributed by atoms with Crippen LogP contribution in [0.5, 0.6) is 0 Å². The Morgan fingerprint density at radius 1 is 1.18 bits per heavy atom. The Hall–Kier alpha value is -0.860. The van der Waals surface area contributed by atoms with Crippen LogP contribution in [0.15, 0.2) is 11.3 Å². The Bertz CT molecular complexity index is 417. The Balaban J connectivity index is 0.00000441. The van der Waals surface area contributed by atoms with Gasteiger partial charge in [0.1, 0.15) is 12.2 Å². The summed E-state index contributed by atoms with van der Waals surface area (Å²) in [5, 5.41) is 14.9. The van der Waals surface area contributed by atoms with Crippen molar-refractivity contribution in [2.24, 2.45) is 4.99 Å². The number of nitrogens with zero attached hydrogens (tertiary/aromatic N) is 4. The fraction of sp³-hybridized carbons (Fsp3) is 0.800. The molecule has 0 aliphatic rings. The van der Waals surface area contributed by atoms with Crippen LogP contribution in [-0.2, 0) is 13.0 Å². The third-order valence-electron chi connectivity index (χ3n) is 3.61. The third kappa shape index (κ3) is 7.42. The van der Waals surface area contributed by atoms with E-state index < -0.39 is 0 Å². The monoisotopic (exact) mass is 422 g/mol. The number of guanidine groups is 1. The highest BCUT2D eigenvalue weighted by atomic mass is 127. The van der Waals surface area contributed by atoms with Crippen molar-refractivity contribution in [1.29, 1.82) is 0 Å². The zero-order valence-electron chi connectivity index (χ0n) is 14.5. The summed E-state index contributed by atoms with van der Waals surface area (Å²) in [6, 6.07) is 0.836. The number of halogens is 1. The van der Waals surface area contributed by atoms with Gasteiger partial charge in [0.25, 0.3) is 0 Å². The molecule has 1 rings (SSSR count). The van der Waals surface area contributed by atoms with Crippen molar-refractivity contribution in [1.82, 2.24) is 25.4 Å². The third-order valence-corrected chi connectivity index (χ3v) is 3.61. The SMILES string of the molecule is CCc1nncn1CCN=C(NC(C)CC)NC(C)CC.I. The largest absolute Gasteiger partial charge is 0.354 e. The number of aromatic nitrogens is 3. The van der Waals surface area contributed by atoms with Crippen molar-refractivity contribution in [3.05, 3.63) is 12.2 Å². The van der Waals surface area contributed by atoms with Crippen molar-refractivity contribution in [2.45, 2.75) is 72.5 Å². The van der Waals surface area contributed by atoms with Gasteiger partial charge in [0.05, 0.1) is 6.54 Å². The molecule has 128 valence electrons. The smallest absolute Gasteiger partial charge is 0.191 e. The molecule has 0 saturated heterocycles. The van der Waals surface area contributed by atoms with Crippen LogP contribution >= 0.6 is 24.0 Å². The zero-order valence-corrected chi connectivity index (χ0v) is 16.8. The van der Waals surface area contributed by atoms with Gasteiger partial charge in [-0.15, -0.1) is 34.2 Å². The number of aliphatic imine (C=N–C) groups is 1. The molecule has 0 spiro atoms. The molecule has 0 aliphatic carbocycles. The van der Waals surface area contributed by atoms with Crippen LogP contribution in [-0.4, -0.2) is 39.4 Å². The molecule has 7 heteroatoms. The van der Waals surface area contributed by atoms with E-state index in [1.807, 2.05) is 0 Å². The van der Waals surface area contributed by atoms with E-state index in [-0.39, 0.29) is 24.0 Å². The number of hydrogen-bond acceptors (Lipinski definition) is 3. The lowest BCUT2D eigenvalue weighted by atomic mass is 10.2. The first-order chi connectivity index (χ1) is 10.1. The molecule has 0 saturated carbocycles. The molecular formula is C15H31IN6. The fourth-order valence-electron chi connectivity index (χ4n) is 1.81. The maximum absolute atomic E-state index is 4.67. The van der Waals surface area contributed by atoms with Gasteiger partial charge >= 0.3 is 0 Å². The first kappa shape index (κ1) is 21.1. The van der Waals surface area contributed by atoms with Crippen molar-refractivity contribution < 1.29 is 0 Å². The van der Waals surface area contributed by atoms with E-state index >= 15 is 0 Å². The Morgan fingerprint density at radius 3 is 2.27 bits per heavy atom. The lowest BCUT2D eigenvalue weighted by molar-refractivity contribution is 0.578. The van der Waals surface area contributed by atoms with Gasteiger partial charge in [-0.2, -0.15) is 0 Å². The average Bonchev–Trinajstić information content (AvgIpc) is 2.94. The first-order valence-electron chi connectivity index (χ1n) is 8.04. The minimum atomic E-state index is 0. The fourth-order valence-corrected chi connectivity index (χ4v) is 1.81. The highest BCUT2D eigenvalue weighted by Crippen LogP contribution is 1.97. The molecule has 1 heterocycles. The highest BCUT2D eigenvalue weighted by Gasteiger charge is 2.07. The molecule has 2 unspecified atom stereocenters. The van der Waals surface area contributed by atoms with Gasteiger partial charge in [-0.05, 0) is 26.7 Å². The summed E-state index contributed by atoms with van der Waals surface area (Å²) in [7, 11) is 0. The van der Waals surface area contributed by atoms with Gasteiger partial charge in [-0.3, -0.25) is 4.99 Å². The molecule has 2 N–H and O–H groups in total. The predicted molar refractivity (Wildman–Crippen MR) is 103 cm³/mol. The van der Waals surface area contributed by atoms with Crippen molar-refractivity contribution in [3.63, 3.8) is 0 Å². The number of hydrogen-bond donors (Lipinski definition) is 2. The van der Waals surface area contributed by atoms with Gasteiger partial charge in [0.15, 0.2) is 5.96 Å². The van der Waals surface area contributed by atoms with E-state index in [2.05, 4.69) is 65.0 Å². The minimum Gasteiger partial charge on any atom is -0.354 e. The molecule has 0 amide bonds. The predicted octanol–water partition coefficient (Wildman–Crippen LogP) is 2.59. The molecule has 22 heavy (non-hydrogen) atoms. The quantitative estimate of drug-likeness (QED) is 0.384. The van der Waals surface area contributed by atoms with Crippen LogP contribution in [0.2, 0.25) is 0 Å². The number of aryl methyl sites for hydroxylation is 1. The van der Waals surface area contributed by atoms with Crippen LogP contribution in [0.25, 0.3) is 0 Å². The zero-order chi connectivity index (χ0) is 15.7. The normalized spacial score (nSPS) is 13.0. The second-order valence-electron chi connectivity index (χ2n) is 5.43. The Labute approximate surface area is 151 Å². The number of rotatable bonds is 8. The summed E-state index contributed by atoms with van der Waals surface area (Å²) >= 11 is 0. The van der Waals surface area contributed by atoms with Crippen LogP contribution in [0.1, 0.15) is 53.3 Å². The first-order valence-corrected chi connectivity index (χ1v) is 8.04. The topological polar surface area (TPSA) is 67.1 Å². The lowest BCUT2D eigenvalue weighted by Gasteiger charge is -2.20. The van der Waals surface area contributed by atoms with Gasteiger partial charge in [0, 0.05) is 25.0 Å². The molecular weight excluding hydrogens is 391 g/mol. The van der Waals surface area contributed by atoms with Gasteiger partial charge < -0.3 is 15.2 Å². The molecule has 0 aliphatic heterocycles. The van der Waals surface area contributed by atoms with Crippen LogP contribution in [0, 0.1) is 0 Å². The van der Waals surface area contributed by atoms with E-state index in [1.165, 1.54) is 0 Å². The molecule has 6 nitrogen and oxygen atoms in total. The summed E-state index contributed by atoms with van der Waals surface area (Å²) < 4.78 is 2.06. The summed E-state index contributed by atoms with van der Waals surface area (Å²) in [6.07, 6.45) is 4.82. The number of nitrogens with one attached hydrogen (secondary N) is 2. The Morgan fingerprint density at radius 2 is 1.77 bits per heavy atom. The van der Waals surface area contributed by atoms with E-state index in [0.29, 0.717) is 18.6 Å². The van der Waals surface area contributed by atoms with Gasteiger partial charge in [-0.25, -0.2) is 0 Å². The molecule has 0 radical (unpaired) electrons. The highest BCUT2D eigenvalue weighted by molar-refractivity contribution is 14.0. The van der Waals surface area contributed by atoms with Gasteiger partial charge in [-0.1, -0.05) is 20.8 Å². The average molecular weight is 422 g/mol. The van der Waals surface area contributed by atoms with Crippen molar-refractivity contribution in [2.75, 3.05) is 6.54 Å². The molecule has 0 aromatic carbocycles. The minimum absolute atomic E-state index is 0. The van der Waals surface area contributed by atoms with Gasteiger partial charge in [0.2, 0.25) is 0 Å². The van der Waals surface area contributed by atoms with Crippen LogP contribution in [0.3, 0.4) is 0 Å². The maximum atomic E-state index is 4.67. The summed E-state index contributed by atoms with van der Waals surface area (Å²) in [5.74, 6) is 1.90. The molecule has 1 aromatic heterocycles. The molecule has 0 bridgehead atoms. The van der Waals surface area contributed by atoms with Crippen molar-refractivity contribution in [3.8, 4) is 0 Å². The standard InChI is InChI=1S/C15H30N6.HI/c1-6-12(4)18-15(19-13(5)7-2)16-9-10-21-11-17-20-14(21)8-3;/h11-13H,6-10H2,1-5H3,(H2,16,18,19);1H. The van der Waals surface area contributed by atoms with Crippen LogP contribution < -0.4 is 10.6 Å². The van der Waals surface area contributed by atoms with Crippen LogP contribution in [0.4, 0.5) is 0 Å². The van der Waals surface area contributed by atoms with E-state index in [1.54, 1.807) is 6.33 Å². The second-order valence-corrected chi connectivity index (χ2v) is 5.43. The summed E-state index contributed by atoms with van der Waals surface area (Å²) in [6.45, 7) is 12.3. The van der Waals surface area contributed by atoms with E-state index in [0.717, 1.165) is 37.6 Å². The summed E-state index contributed by atoms with van der Waals surface area (Å²) in [5.41, 5.74) is 0. The summed E-state index contributed by atoms with van der Waals surface area (Å²) in [4.78, 5) is 4.67. The van der Waals surface area contributed by atoms with E-state index in [9.17, 15) is 0 Å². The Kier molecular flexibility index (Phi) is 11.2. The maximum Gasteiger partial charge on any atom is 0.191 e.